The van der Waals surface area contributed by atoms with Crippen molar-refractivity contribution in [3.8, 4) is 0 Å². The van der Waals surface area contributed by atoms with Gasteiger partial charge in [-0.15, -0.1) is 0 Å². The first-order chi connectivity index (χ1) is 15.7. The second-order valence-electron chi connectivity index (χ2n) is 8.32. The average Bonchev–Trinajstić information content (AvgIpc) is 2.73. The number of aliphatic hydroxyl groups is 1. The van der Waals surface area contributed by atoms with Gasteiger partial charge in [-0.25, -0.2) is 16.8 Å². The van der Waals surface area contributed by atoms with Gasteiger partial charge in [0, 0.05) is 36.4 Å². The van der Waals surface area contributed by atoms with Crippen LogP contribution in [0.25, 0.3) is 0 Å². The van der Waals surface area contributed by atoms with Crippen molar-refractivity contribution in [1.82, 2.24) is 4.98 Å². The van der Waals surface area contributed by atoms with Crippen molar-refractivity contribution in [2.24, 2.45) is 0 Å². The van der Waals surface area contributed by atoms with Gasteiger partial charge in [0.25, 0.3) is 0 Å². The summed E-state index contributed by atoms with van der Waals surface area (Å²) in [6.07, 6.45) is 3.37. The number of carboxylic acids is 1. The fourth-order valence-electron chi connectivity index (χ4n) is 3.79. The number of carbonyl (C=O) groups is 1. The van der Waals surface area contributed by atoms with Gasteiger partial charge in [0.2, 0.25) is 0 Å². The maximum Gasteiger partial charge on any atom is 0.314 e. The fraction of sp³-hybridized carbons (Fsp3) is 0.250. The van der Waals surface area contributed by atoms with Crippen LogP contribution in [-0.2, 0) is 36.5 Å². The lowest BCUT2D eigenvalue weighted by atomic mass is 9.74. The zero-order chi connectivity index (χ0) is 25.3. The van der Waals surface area contributed by atoms with Crippen LogP contribution in [0.5, 0.6) is 0 Å². The Labute approximate surface area is 198 Å². The molecule has 0 saturated heterocycles. The molecule has 0 amide bonds. The smallest absolute Gasteiger partial charge is 0.314 e. The van der Waals surface area contributed by atoms with Crippen LogP contribution in [0.2, 0.25) is 0 Å². The standard InChI is InChI=1S/C24H25NO7S2/c1-16-4-9-19(15-25-16)24(28,14-17-5-10-20(11-6-17)33(2,29)30)22(23(26)27)18-7-12-21(13-8-18)34(3,31)32/h4-13,15,22,28H,14H2,1-3H3,(H,26,27). The molecule has 2 aromatic carbocycles. The summed E-state index contributed by atoms with van der Waals surface area (Å²) < 4.78 is 47.2. The summed E-state index contributed by atoms with van der Waals surface area (Å²) >= 11 is 0. The van der Waals surface area contributed by atoms with Crippen molar-refractivity contribution >= 4 is 25.6 Å². The zero-order valence-electron chi connectivity index (χ0n) is 18.8. The molecule has 0 saturated carbocycles. The van der Waals surface area contributed by atoms with E-state index in [2.05, 4.69) is 4.98 Å². The number of aromatic nitrogens is 1. The summed E-state index contributed by atoms with van der Waals surface area (Å²) in [5.41, 5.74) is -0.339. The minimum absolute atomic E-state index is 0.0253. The van der Waals surface area contributed by atoms with E-state index in [1.165, 1.54) is 54.7 Å². The Bertz CT molecular complexity index is 1400. The highest BCUT2D eigenvalue weighted by Gasteiger charge is 2.44. The topological polar surface area (TPSA) is 139 Å². The van der Waals surface area contributed by atoms with Crippen molar-refractivity contribution in [1.29, 1.82) is 0 Å². The highest BCUT2D eigenvalue weighted by Crippen LogP contribution is 2.40. The first-order valence-corrected chi connectivity index (χ1v) is 14.0. The second kappa shape index (κ2) is 9.28. The molecule has 0 aliphatic heterocycles. The predicted octanol–water partition coefficient (Wildman–Crippen LogP) is 2.50. The second-order valence-corrected chi connectivity index (χ2v) is 12.3. The quantitative estimate of drug-likeness (QED) is 0.478. The zero-order valence-corrected chi connectivity index (χ0v) is 20.5. The molecule has 2 atom stereocenters. The van der Waals surface area contributed by atoms with E-state index in [1.54, 1.807) is 19.1 Å². The minimum atomic E-state index is -3.49. The van der Waals surface area contributed by atoms with Crippen LogP contribution in [0, 0.1) is 6.92 Å². The Morgan fingerprint density at radius 2 is 1.38 bits per heavy atom. The molecular formula is C24H25NO7S2. The molecule has 2 N–H and O–H groups in total. The van der Waals surface area contributed by atoms with E-state index >= 15 is 0 Å². The molecule has 0 bridgehead atoms. The van der Waals surface area contributed by atoms with Crippen LogP contribution >= 0.6 is 0 Å². The van der Waals surface area contributed by atoms with Crippen LogP contribution in [0.15, 0.2) is 76.7 Å². The van der Waals surface area contributed by atoms with Crippen LogP contribution in [0.3, 0.4) is 0 Å². The van der Waals surface area contributed by atoms with E-state index in [0.29, 0.717) is 11.3 Å². The number of hydrogen-bond acceptors (Lipinski definition) is 7. The van der Waals surface area contributed by atoms with Crippen molar-refractivity contribution in [3.63, 3.8) is 0 Å². The monoisotopic (exact) mass is 503 g/mol. The molecule has 1 heterocycles. The van der Waals surface area contributed by atoms with Crippen LogP contribution in [0.1, 0.15) is 28.3 Å². The molecule has 0 aliphatic carbocycles. The Kier molecular flexibility index (Phi) is 6.97. The summed E-state index contributed by atoms with van der Waals surface area (Å²) in [6.45, 7) is 1.76. The number of sulfone groups is 2. The molecule has 0 fully saturated rings. The van der Waals surface area contributed by atoms with Crippen LogP contribution in [0.4, 0.5) is 0 Å². The van der Waals surface area contributed by atoms with Gasteiger partial charge in [-0.1, -0.05) is 30.3 Å². The molecule has 0 radical (unpaired) electrons. The molecule has 8 nitrogen and oxygen atoms in total. The lowest BCUT2D eigenvalue weighted by molar-refractivity contribution is -0.146. The number of carboxylic acid groups (broad SMARTS) is 1. The fourth-order valence-corrected chi connectivity index (χ4v) is 5.05. The maximum atomic E-state index is 12.5. The lowest BCUT2D eigenvalue weighted by Gasteiger charge is -2.35. The largest absolute Gasteiger partial charge is 0.481 e. The SMILES string of the molecule is Cc1ccc(C(O)(Cc2ccc(S(C)(=O)=O)cc2)C(C(=O)O)c2ccc(S(C)(=O)=O)cc2)cn1. The van der Waals surface area contributed by atoms with Gasteiger partial charge in [0.05, 0.1) is 9.79 Å². The summed E-state index contributed by atoms with van der Waals surface area (Å²) in [6, 6.07) is 14.4. The summed E-state index contributed by atoms with van der Waals surface area (Å²) in [7, 11) is -6.92. The van der Waals surface area contributed by atoms with Gasteiger partial charge < -0.3 is 10.2 Å². The summed E-state index contributed by atoms with van der Waals surface area (Å²) in [5.74, 6) is -2.79. The van der Waals surface area contributed by atoms with Gasteiger partial charge >= 0.3 is 5.97 Å². The lowest BCUT2D eigenvalue weighted by Crippen LogP contribution is -2.40. The first-order valence-electron chi connectivity index (χ1n) is 10.2. The molecule has 10 heteroatoms. The Balaban J connectivity index is 2.14. The minimum Gasteiger partial charge on any atom is -0.481 e. The third-order valence-corrected chi connectivity index (χ3v) is 7.86. The summed E-state index contributed by atoms with van der Waals surface area (Å²) in [5, 5.41) is 22.1. The Hall–Kier alpha value is -3.08. The highest BCUT2D eigenvalue weighted by atomic mass is 32.2. The predicted molar refractivity (Wildman–Crippen MR) is 126 cm³/mol. The van der Waals surface area contributed by atoms with Crippen LogP contribution < -0.4 is 0 Å². The Morgan fingerprint density at radius 1 is 0.882 bits per heavy atom. The number of rotatable bonds is 8. The average molecular weight is 504 g/mol. The van der Waals surface area contributed by atoms with Crippen LogP contribution in [-0.4, -0.2) is 50.5 Å². The molecule has 0 aliphatic rings. The van der Waals surface area contributed by atoms with E-state index in [4.69, 9.17) is 0 Å². The number of nitrogens with zero attached hydrogens (tertiary/aromatic N) is 1. The third kappa shape index (κ3) is 5.52. The van der Waals surface area contributed by atoms with E-state index in [0.717, 1.165) is 12.5 Å². The molecule has 2 unspecified atom stereocenters. The molecular weight excluding hydrogens is 478 g/mol. The molecule has 3 aromatic rings. The van der Waals surface area contributed by atoms with Gasteiger partial charge in [0.15, 0.2) is 19.7 Å². The number of aliphatic carboxylic acids is 1. The van der Waals surface area contributed by atoms with E-state index < -0.39 is 37.2 Å². The number of aryl methyl sites for hydroxylation is 1. The normalized spacial score (nSPS) is 14.8. The molecule has 3 rings (SSSR count). The maximum absolute atomic E-state index is 12.5. The van der Waals surface area contributed by atoms with Crippen molar-refractivity contribution in [3.05, 3.63) is 89.2 Å². The number of benzene rings is 2. The van der Waals surface area contributed by atoms with Gasteiger partial charge in [0.1, 0.15) is 11.5 Å². The van der Waals surface area contributed by atoms with E-state index in [9.17, 15) is 31.8 Å². The van der Waals surface area contributed by atoms with Crippen molar-refractivity contribution in [2.45, 2.75) is 34.7 Å². The number of hydrogen-bond donors (Lipinski definition) is 2. The van der Waals surface area contributed by atoms with Gasteiger partial charge in [-0.2, -0.15) is 0 Å². The first kappa shape index (κ1) is 25.5. The van der Waals surface area contributed by atoms with E-state index in [-0.39, 0.29) is 27.3 Å². The Morgan fingerprint density at radius 3 is 1.79 bits per heavy atom. The van der Waals surface area contributed by atoms with Gasteiger partial charge in [-0.3, -0.25) is 9.78 Å². The molecule has 34 heavy (non-hydrogen) atoms. The summed E-state index contributed by atoms with van der Waals surface area (Å²) in [4.78, 5) is 16.8. The molecule has 180 valence electrons. The van der Waals surface area contributed by atoms with Crippen molar-refractivity contribution in [2.75, 3.05) is 12.5 Å². The highest BCUT2D eigenvalue weighted by molar-refractivity contribution is 7.91. The van der Waals surface area contributed by atoms with Crippen molar-refractivity contribution < 1.29 is 31.8 Å². The number of pyridine rings is 1. The van der Waals surface area contributed by atoms with Gasteiger partial charge in [-0.05, 0) is 48.4 Å². The van der Waals surface area contributed by atoms with E-state index in [1.807, 2.05) is 0 Å². The third-order valence-electron chi connectivity index (χ3n) is 5.60. The molecule has 1 aromatic heterocycles. The molecule has 0 spiro atoms.